The summed E-state index contributed by atoms with van der Waals surface area (Å²) in [5.41, 5.74) is -1.70. The Morgan fingerprint density at radius 2 is 2.00 bits per heavy atom. The number of esters is 1. The van der Waals surface area contributed by atoms with Crippen LogP contribution in [0, 0.1) is 5.92 Å². The van der Waals surface area contributed by atoms with Gasteiger partial charge in [-0.15, -0.1) is 6.58 Å². The van der Waals surface area contributed by atoms with Crippen LogP contribution in [-0.2, 0) is 23.7 Å². The third kappa shape index (κ3) is 3.03. The molecule has 0 unspecified atom stereocenters. The van der Waals surface area contributed by atoms with Gasteiger partial charge in [-0.1, -0.05) is 6.08 Å². The van der Waals surface area contributed by atoms with Gasteiger partial charge in [0, 0.05) is 6.42 Å². The second kappa shape index (κ2) is 7.24. The van der Waals surface area contributed by atoms with Gasteiger partial charge in [0.15, 0.2) is 6.29 Å². The highest BCUT2D eigenvalue weighted by molar-refractivity contribution is 5.91. The number of aliphatic hydroxyl groups is 5. The quantitative estimate of drug-likeness (QED) is 0.264. The van der Waals surface area contributed by atoms with Crippen LogP contribution in [0.15, 0.2) is 24.5 Å². The Labute approximate surface area is 148 Å². The van der Waals surface area contributed by atoms with E-state index in [4.69, 9.17) is 18.9 Å². The van der Waals surface area contributed by atoms with Crippen molar-refractivity contribution in [3.05, 3.63) is 24.5 Å². The van der Waals surface area contributed by atoms with E-state index >= 15 is 0 Å². The fourth-order valence-electron chi connectivity index (χ4n) is 3.36. The molecule has 10 nitrogen and oxygen atoms in total. The molecule has 3 heterocycles. The molecule has 0 spiro atoms. The van der Waals surface area contributed by atoms with Crippen molar-refractivity contribution in [3.8, 4) is 0 Å². The Kier molecular flexibility index (Phi) is 5.35. The van der Waals surface area contributed by atoms with Crippen molar-refractivity contribution >= 4 is 5.97 Å². The molecule has 3 rings (SSSR count). The maximum Gasteiger partial charge on any atom is 0.340 e. The number of carbonyl (C=O) groups excluding carboxylic acids is 1. The number of hydrogen-bond donors (Lipinski definition) is 5. The zero-order valence-corrected chi connectivity index (χ0v) is 13.8. The predicted molar refractivity (Wildman–Crippen MR) is 82.0 cm³/mol. The van der Waals surface area contributed by atoms with Gasteiger partial charge in [0.1, 0.15) is 35.6 Å². The minimum atomic E-state index is -1.63. The highest BCUT2D eigenvalue weighted by atomic mass is 16.8. The first-order valence-corrected chi connectivity index (χ1v) is 8.17. The molecule has 0 aromatic carbocycles. The van der Waals surface area contributed by atoms with Gasteiger partial charge >= 0.3 is 5.97 Å². The number of hydrogen-bond acceptors (Lipinski definition) is 10. The van der Waals surface area contributed by atoms with Crippen molar-refractivity contribution in [1.82, 2.24) is 0 Å². The standard InChI is InChI=1S/C16H22O10/c1-2-7-14(24-6-8-13(21)23-4-3-16(7,8)22)26-15-12(20)11(19)10(18)9(5-17)25-15/h2,6-7,9-12,14-15,17-20,22H,1,3-5H2/t7-,9-,10+,11-,12-,14-,15-,16+/m0/s1. The minimum absolute atomic E-state index is 0.00375. The van der Waals surface area contributed by atoms with E-state index in [1.54, 1.807) is 0 Å². The number of fused-ring (bicyclic) bond motifs is 1. The van der Waals surface area contributed by atoms with Crippen molar-refractivity contribution in [2.45, 2.75) is 49.0 Å². The van der Waals surface area contributed by atoms with Crippen molar-refractivity contribution in [1.29, 1.82) is 0 Å². The van der Waals surface area contributed by atoms with Crippen LogP contribution >= 0.6 is 0 Å². The van der Waals surface area contributed by atoms with E-state index < -0.39 is 61.1 Å². The number of carbonyl (C=O) groups is 1. The average Bonchev–Trinajstić information content (AvgIpc) is 2.61. The second-order valence-corrected chi connectivity index (χ2v) is 6.44. The molecule has 146 valence electrons. The van der Waals surface area contributed by atoms with E-state index in [2.05, 4.69) is 6.58 Å². The molecular weight excluding hydrogens is 352 g/mol. The minimum Gasteiger partial charge on any atom is -0.471 e. The number of cyclic esters (lactones) is 1. The van der Waals surface area contributed by atoms with Gasteiger partial charge < -0.3 is 44.5 Å². The van der Waals surface area contributed by atoms with Crippen molar-refractivity contribution in [3.63, 3.8) is 0 Å². The molecular formula is C16H22O10. The molecule has 26 heavy (non-hydrogen) atoms. The highest BCUT2D eigenvalue weighted by Crippen LogP contribution is 2.42. The summed E-state index contributed by atoms with van der Waals surface area (Å²) in [5.74, 6) is -1.61. The van der Waals surface area contributed by atoms with Gasteiger partial charge in [-0.25, -0.2) is 4.79 Å². The van der Waals surface area contributed by atoms with Crippen LogP contribution in [0.5, 0.6) is 0 Å². The molecule has 0 aromatic rings. The summed E-state index contributed by atoms with van der Waals surface area (Å²) in [5, 5.41) is 49.9. The second-order valence-electron chi connectivity index (χ2n) is 6.44. The summed E-state index contributed by atoms with van der Waals surface area (Å²) in [7, 11) is 0. The lowest BCUT2D eigenvalue weighted by atomic mass is 9.76. The van der Waals surface area contributed by atoms with Crippen LogP contribution in [0.1, 0.15) is 6.42 Å². The van der Waals surface area contributed by atoms with E-state index in [0.29, 0.717) is 0 Å². The van der Waals surface area contributed by atoms with E-state index in [9.17, 15) is 30.3 Å². The molecule has 2 saturated heterocycles. The average molecular weight is 374 g/mol. The smallest absolute Gasteiger partial charge is 0.340 e. The first-order chi connectivity index (χ1) is 12.3. The molecule has 0 saturated carbocycles. The Bertz CT molecular complexity index is 590. The topological polar surface area (TPSA) is 155 Å². The molecule has 0 amide bonds. The molecule has 5 N–H and O–H groups in total. The van der Waals surface area contributed by atoms with E-state index in [1.807, 2.05) is 0 Å². The van der Waals surface area contributed by atoms with Crippen LogP contribution in [-0.4, -0.2) is 87.3 Å². The molecule has 2 fully saturated rings. The monoisotopic (exact) mass is 374 g/mol. The Morgan fingerprint density at radius 1 is 1.27 bits per heavy atom. The number of rotatable bonds is 4. The van der Waals surface area contributed by atoms with Gasteiger partial charge in [0.2, 0.25) is 6.29 Å². The van der Waals surface area contributed by atoms with Crippen LogP contribution in [0.4, 0.5) is 0 Å². The van der Waals surface area contributed by atoms with Gasteiger partial charge in [-0.2, -0.15) is 0 Å². The molecule has 3 aliphatic heterocycles. The summed E-state index contributed by atoms with van der Waals surface area (Å²) < 4.78 is 21.1. The molecule has 0 bridgehead atoms. The van der Waals surface area contributed by atoms with Crippen molar-refractivity contribution in [2.24, 2.45) is 5.92 Å². The molecule has 8 atom stereocenters. The molecule has 0 radical (unpaired) electrons. The highest BCUT2D eigenvalue weighted by Gasteiger charge is 2.54. The first kappa shape index (κ1) is 19.2. The van der Waals surface area contributed by atoms with E-state index in [0.717, 1.165) is 6.26 Å². The fourth-order valence-corrected chi connectivity index (χ4v) is 3.36. The van der Waals surface area contributed by atoms with Crippen molar-refractivity contribution in [2.75, 3.05) is 13.2 Å². The zero-order valence-electron chi connectivity index (χ0n) is 13.8. The maximum atomic E-state index is 11.8. The SMILES string of the molecule is C=C[C@H]1[C@H](O[C@@H]2O[C@@H](CO)[C@@H](O)[C@H](O)[C@@H]2O)OC=C2C(=O)OCC[C@]21O. The molecule has 3 aliphatic rings. The summed E-state index contributed by atoms with van der Waals surface area (Å²) >= 11 is 0. The van der Waals surface area contributed by atoms with Crippen LogP contribution in [0.2, 0.25) is 0 Å². The Balaban J connectivity index is 1.81. The van der Waals surface area contributed by atoms with Crippen LogP contribution in [0.3, 0.4) is 0 Å². The zero-order chi connectivity index (χ0) is 19.1. The predicted octanol–water partition coefficient (Wildman–Crippen LogP) is -2.48. The first-order valence-electron chi connectivity index (χ1n) is 8.17. The lowest BCUT2D eigenvalue weighted by Crippen LogP contribution is -2.61. The number of ether oxygens (including phenoxy) is 4. The van der Waals surface area contributed by atoms with Gasteiger partial charge in [-0.05, 0) is 0 Å². The van der Waals surface area contributed by atoms with Crippen LogP contribution < -0.4 is 0 Å². The molecule has 0 aliphatic carbocycles. The van der Waals surface area contributed by atoms with E-state index in [-0.39, 0.29) is 18.6 Å². The third-order valence-electron chi connectivity index (χ3n) is 4.94. The number of aliphatic hydroxyl groups excluding tert-OH is 4. The van der Waals surface area contributed by atoms with Crippen LogP contribution in [0.25, 0.3) is 0 Å². The summed E-state index contributed by atoms with van der Waals surface area (Å²) in [6.07, 6.45) is -6.10. The Hall–Kier alpha value is -1.53. The lowest BCUT2D eigenvalue weighted by molar-refractivity contribution is -0.344. The summed E-state index contributed by atoms with van der Waals surface area (Å²) in [6.45, 7) is 3.03. The van der Waals surface area contributed by atoms with Gasteiger partial charge in [0.25, 0.3) is 0 Å². The van der Waals surface area contributed by atoms with Gasteiger partial charge in [-0.3, -0.25) is 0 Å². The molecule has 10 heteroatoms. The van der Waals surface area contributed by atoms with Gasteiger partial charge in [0.05, 0.1) is 25.4 Å². The summed E-state index contributed by atoms with van der Waals surface area (Å²) in [4.78, 5) is 11.8. The molecule has 0 aromatic heterocycles. The van der Waals surface area contributed by atoms with E-state index in [1.165, 1.54) is 6.08 Å². The lowest BCUT2D eigenvalue weighted by Gasteiger charge is -2.46. The normalized spacial score (nSPS) is 45.8. The maximum absolute atomic E-state index is 11.8. The summed E-state index contributed by atoms with van der Waals surface area (Å²) in [6, 6.07) is 0. The third-order valence-corrected chi connectivity index (χ3v) is 4.94. The largest absolute Gasteiger partial charge is 0.471 e. The fraction of sp³-hybridized carbons (Fsp3) is 0.688. The van der Waals surface area contributed by atoms with Crippen molar-refractivity contribution < 1.29 is 49.3 Å². The Morgan fingerprint density at radius 3 is 2.65 bits per heavy atom.